The Morgan fingerprint density at radius 1 is 0.600 bits per heavy atom. The van der Waals surface area contributed by atoms with Crippen molar-refractivity contribution >= 4 is 26.2 Å². The van der Waals surface area contributed by atoms with Gasteiger partial charge in [-0.15, -0.1) is 0 Å². The van der Waals surface area contributed by atoms with E-state index < -0.39 is 0 Å². The van der Waals surface area contributed by atoms with Crippen LogP contribution in [-0.2, 0) is 33.5 Å². The molecule has 3 nitrogen and oxygen atoms in total. The Balaban J connectivity index is 0. The fourth-order valence-corrected chi connectivity index (χ4v) is 0. The Labute approximate surface area is 59.7 Å². The monoisotopic (exact) mass is 313 g/mol. The molecule has 0 atom stereocenters. The molecule has 0 rings (SSSR count). The van der Waals surface area contributed by atoms with E-state index >= 15 is 0 Å². The summed E-state index contributed by atoms with van der Waals surface area (Å²) in [4.78, 5) is 0. The van der Waals surface area contributed by atoms with Crippen LogP contribution in [0, 0.1) is 0 Å². The number of hydrogen-bond acceptors (Lipinski definition) is 0. The van der Waals surface area contributed by atoms with E-state index in [9.17, 15) is 0 Å². The van der Waals surface area contributed by atoms with Gasteiger partial charge in [0.2, 0.25) is 0 Å². The third-order valence-corrected chi connectivity index (χ3v) is 0. The molecule has 0 aromatic carbocycles. The summed E-state index contributed by atoms with van der Waals surface area (Å²) >= 11 is 0. The molecule has 0 heterocycles. The van der Waals surface area contributed by atoms with Gasteiger partial charge < -0.3 is 16.4 Å². The van der Waals surface area contributed by atoms with E-state index in [1.165, 1.54) is 0 Å². The van der Waals surface area contributed by atoms with Crippen LogP contribution >= 0.6 is 0 Å². The van der Waals surface area contributed by atoms with Crippen LogP contribution in [0.1, 0.15) is 0 Å². The van der Waals surface area contributed by atoms with Crippen LogP contribution in [-0.4, -0.2) is 26.2 Å². The van der Waals surface area contributed by atoms with E-state index in [-0.39, 0.29) is 59.7 Å². The van der Waals surface area contributed by atoms with Crippen LogP contribution in [0.5, 0.6) is 0 Å². The van der Waals surface area contributed by atoms with Crippen molar-refractivity contribution in [2.75, 3.05) is 0 Å². The predicted octanol–water partition coefficient (Wildman–Crippen LogP) is -0.740. The van der Waals surface area contributed by atoms with Crippen molar-refractivity contribution in [2.24, 2.45) is 0 Å². The van der Waals surface area contributed by atoms with Crippen molar-refractivity contribution in [1.82, 2.24) is 0 Å². The summed E-state index contributed by atoms with van der Waals surface area (Å²) in [5.41, 5.74) is 0. The molecule has 0 aliphatic rings. The van der Waals surface area contributed by atoms with Crippen molar-refractivity contribution in [1.29, 1.82) is 0 Å². The third-order valence-electron chi connectivity index (χ3n) is 0. The Hall–Kier alpha value is 1.28. The molecular formula is BiFeO3. The number of hydrogen-bond donors (Lipinski definition) is 0. The number of rotatable bonds is 0. The molecular weight excluding hydrogens is 313 g/mol. The van der Waals surface area contributed by atoms with Crippen molar-refractivity contribution in [3.63, 3.8) is 0 Å². The fourth-order valence-electron chi connectivity index (χ4n) is 0. The molecule has 0 aliphatic carbocycles. The molecule has 0 unspecified atom stereocenters. The smallest absolute Gasteiger partial charge is 2.00 e. The quantitative estimate of drug-likeness (QED) is 0.528. The zero-order valence-electron chi connectivity index (χ0n) is 2.03. The summed E-state index contributed by atoms with van der Waals surface area (Å²) in [5.74, 6) is 0. The zero-order valence-corrected chi connectivity index (χ0v) is 6.61. The molecule has 5 heavy (non-hydrogen) atoms. The molecule has 0 saturated carbocycles. The maximum absolute atomic E-state index is 0. The van der Waals surface area contributed by atoms with Gasteiger partial charge in [-0.25, -0.2) is 0 Å². The fraction of sp³-hybridized carbons (Fsp3) is 0. The van der Waals surface area contributed by atoms with Crippen molar-refractivity contribution in [3.8, 4) is 0 Å². The van der Waals surface area contributed by atoms with E-state index in [1.807, 2.05) is 0 Å². The summed E-state index contributed by atoms with van der Waals surface area (Å²) in [6.45, 7) is 0. The predicted molar refractivity (Wildman–Crippen MR) is 7.81 cm³/mol. The molecule has 0 bridgehead atoms. The Kier molecular flexibility index (Phi) is 1260. The van der Waals surface area contributed by atoms with Gasteiger partial charge >= 0.3 is 43.3 Å². The molecule has 0 saturated heterocycles. The van der Waals surface area contributed by atoms with Gasteiger partial charge in [-0.05, 0) is 0 Å². The second kappa shape index (κ2) is 58.9. The van der Waals surface area contributed by atoms with Gasteiger partial charge in [-0.2, -0.15) is 0 Å². The molecule has 0 aromatic heterocycles. The maximum atomic E-state index is 0. The van der Waals surface area contributed by atoms with Gasteiger partial charge in [0.05, 0.1) is 0 Å². The third kappa shape index (κ3) is 34.6. The van der Waals surface area contributed by atoms with E-state index in [1.54, 1.807) is 0 Å². The SMILES string of the molecule is [Bi+3].[Fe+3].[O-2].[O-2].[O-2]. The molecule has 0 aliphatic heterocycles. The van der Waals surface area contributed by atoms with Gasteiger partial charge in [0, 0.05) is 0 Å². The first-order chi connectivity index (χ1) is 0. The van der Waals surface area contributed by atoms with Gasteiger partial charge in [-0.1, -0.05) is 0 Å². The van der Waals surface area contributed by atoms with Crippen molar-refractivity contribution < 1.29 is 33.5 Å². The van der Waals surface area contributed by atoms with Crippen molar-refractivity contribution in [2.45, 2.75) is 0 Å². The minimum atomic E-state index is 0. The molecule has 0 fully saturated rings. The van der Waals surface area contributed by atoms with Crippen LogP contribution in [0.25, 0.3) is 0 Å². The van der Waals surface area contributed by atoms with Gasteiger partial charge in [0.15, 0.2) is 0 Å². The minimum Gasteiger partial charge on any atom is -2.00 e. The molecule has 3 radical (unpaired) electrons. The summed E-state index contributed by atoms with van der Waals surface area (Å²) in [7, 11) is 0. The average Bonchev–Trinajstić information content (AvgIpc) is 0. The van der Waals surface area contributed by atoms with Gasteiger partial charge in [0.1, 0.15) is 0 Å². The first-order valence-corrected chi connectivity index (χ1v) is 0. The van der Waals surface area contributed by atoms with E-state index in [0.29, 0.717) is 0 Å². The topological polar surface area (TPSA) is 85.5 Å². The molecule has 31 valence electrons. The molecule has 0 amide bonds. The second-order valence-electron chi connectivity index (χ2n) is 0. The van der Waals surface area contributed by atoms with Crippen LogP contribution in [0.3, 0.4) is 0 Å². The van der Waals surface area contributed by atoms with E-state index in [4.69, 9.17) is 0 Å². The molecule has 0 N–H and O–H groups in total. The van der Waals surface area contributed by atoms with Gasteiger partial charge in [0.25, 0.3) is 0 Å². The maximum Gasteiger partial charge on any atom is 3.00 e. The Bertz CT molecular complexity index is 6.85. The zero-order chi connectivity index (χ0) is 0. The standard InChI is InChI=1S/Bi.Fe.3O/q2*+3;3*-2. The molecule has 5 heteroatoms. The summed E-state index contributed by atoms with van der Waals surface area (Å²) in [5, 5.41) is 0. The second-order valence-corrected chi connectivity index (χ2v) is 0. The van der Waals surface area contributed by atoms with E-state index in [2.05, 4.69) is 0 Å². The largest absolute Gasteiger partial charge is 3.00 e. The normalized spacial score (nSPS) is 0. The molecule has 0 spiro atoms. The molecule has 0 aromatic rings. The summed E-state index contributed by atoms with van der Waals surface area (Å²) in [6.07, 6.45) is 0. The summed E-state index contributed by atoms with van der Waals surface area (Å²) in [6, 6.07) is 0. The average molecular weight is 313 g/mol. The van der Waals surface area contributed by atoms with Crippen molar-refractivity contribution in [3.05, 3.63) is 0 Å². The van der Waals surface area contributed by atoms with Crippen LogP contribution in [0.4, 0.5) is 0 Å². The van der Waals surface area contributed by atoms with Crippen LogP contribution in [0.15, 0.2) is 0 Å². The van der Waals surface area contributed by atoms with Crippen LogP contribution < -0.4 is 0 Å². The Morgan fingerprint density at radius 2 is 0.600 bits per heavy atom. The first-order valence-electron chi connectivity index (χ1n) is 0. The van der Waals surface area contributed by atoms with E-state index in [0.717, 1.165) is 0 Å². The minimum absolute atomic E-state index is 0. The first kappa shape index (κ1) is 107. The van der Waals surface area contributed by atoms with Gasteiger partial charge in [-0.3, -0.25) is 0 Å². The Morgan fingerprint density at radius 3 is 0.600 bits per heavy atom. The van der Waals surface area contributed by atoms with Crippen LogP contribution in [0.2, 0.25) is 0 Å². The summed E-state index contributed by atoms with van der Waals surface area (Å²) < 4.78 is 0.